The summed E-state index contributed by atoms with van der Waals surface area (Å²) in [6.07, 6.45) is 5.60. The molecule has 2 fully saturated rings. The van der Waals surface area contributed by atoms with Crippen LogP contribution in [0.4, 0.5) is 0 Å². The van der Waals surface area contributed by atoms with E-state index in [9.17, 15) is 0 Å². The summed E-state index contributed by atoms with van der Waals surface area (Å²) in [5, 5.41) is 3.55. The van der Waals surface area contributed by atoms with Crippen LogP contribution in [-0.2, 0) is 0 Å². The summed E-state index contributed by atoms with van der Waals surface area (Å²) in [5.74, 6) is 0. The second-order valence-corrected chi connectivity index (χ2v) is 4.35. The smallest absolute Gasteiger partial charge is 0.0247 e. The first-order valence-corrected chi connectivity index (χ1v) is 5.24. The van der Waals surface area contributed by atoms with E-state index in [1.54, 1.807) is 0 Å². The van der Waals surface area contributed by atoms with Gasteiger partial charge in [-0.2, -0.15) is 0 Å². The minimum Gasteiger partial charge on any atom is -0.313 e. The van der Waals surface area contributed by atoms with E-state index in [-0.39, 0.29) is 0 Å². The van der Waals surface area contributed by atoms with Crippen LogP contribution in [0.1, 0.15) is 32.6 Å². The Hall–Kier alpha value is -0.0800. The second-order valence-electron chi connectivity index (χ2n) is 4.35. The molecule has 2 nitrogen and oxygen atoms in total. The van der Waals surface area contributed by atoms with Crippen molar-refractivity contribution in [1.82, 2.24) is 10.2 Å². The number of hydrogen-bond acceptors (Lipinski definition) is 2. The molecule has 2 rings (SSSR count). The van der Waals surface area contributed by atoms with Crippen LogP contribution < -0.4 is 5.32 Å². The van der Waals surface area contributed by atoms with Gasteiger partial charge in [-0.1, -0.05) is 0 Å². The molecule has 2 unspecified atom stereocenters. The fourth-order valence-electron chi connectivity index (χ4n) is 2.34. The van der Waals surface area contributed by atoms with Gasteiger partial charge >= 0.3 is 0 Å². The maximum atomic E-state index is 3.55. The fourth-order valence-corrected chi connectivity index (χ4v) is 2.34. The molecule has 0 amide bonds. The van der Waals surface area contributed by atoms with Crippen LogP contribution in [-0.4, -0.2) is 36.6 Å². The molecule has 0 radical (unpaired) electrons. The summed E-state index contributed by atoms with van der Waals surface area (Å²) in [6, 6.07) is 2.41. The Morgan fingerprint density at radius 2 is 2.00 bits per heavy atom. The van der Waals surface area contributed by atoms with Crippen LogP contribution in [0.25, 0.3) is 0 Å². The van der Waals surface area contributed by atoms with E-state index in [2.05, 4.69) is 24.2 Å². The van der Waals surface area contributed by atoms with E-state index in [4.69, 9.17) is 0 Å². The van der Waals surface area contributed by atoms with Crippen molar-refractivity contribution >= 4 is 0 Å². The second kappa shape index (κ2) is 3.35. The maximum absolute atomic E-state index is 3.55. The highest BCUT2D eigenvalue weighted by molar-refractivity contribution is 4.92. The molecule has 12 heavy (non-hydrogen) atoms. The number of nitrogens with zero attached hydrogens (tertiary/aromatic N) is 1. The van der Waals surface area contributed by atoms with Crippen molar-refractivity contribution in [2.75, 3.05) is 13.6 Å². The standard InChI is InChI=1S/C10H20N2/c1-8-10(4-3-7-11-8)12(2)9-5-6-9/h8-11H,3-7H2,1-2H3. The van der Waals surface area contributed by atoms with Gasteiger partial charge in [0.15, 0.2) is 0 Å². The van der Waals surface area contributed by atoms with Gasteiger partial charge in [0.05, 0.1) is 0 Å². The van der Waals surface area contributed by atoms with Crippen LogP contribution in [0.15, 0.2) is 0 Å². The van der Waals surface area contributed by atoms with Crippen LogP contribution >= 0.6 is 0 Å². The first kappa shape index (κ1) is 8.52. The molecule has 1 aliphatic heterocycles. The van der Waals surface area contributed by atoms with E-state index in [1.807, 2.05) is 0 Å². The van der Waals surface area contributed by atoms with Crippen LogP contribution in [0, 0.1) is 0 Å². The molecular formula is C10H20N2. The first-order valence-electron chi connectivity index (χ1n) is 5.24. The molecule has 0 bridgehead atoms. The third kappa shape index (κ3) is 1.64. The molecule has 1 aliphatic carbocycles. The molecule has 1 saturated carbocycles. The van der Waals surface area contributed by atoms with Gasteiger partial charge in [0, 0.05) is 18.1 Å². The zero-order valence-corrected chi connectivity index (χ0v) is 8.21. The highest BCUT2D eigenvalue weighted by atomic mass is 15.2. The molecule has 0 spiro atoms. The lowest BCUT2D eigenvalue weighted by atomic mass is 9.98. The van der Waals surface area contributed by atoms with E-state index >= 15 is 0 Å². The van der Waals surface area contributed by atoms with Crippen molar-refractivity contribution in [2.45, 2.75) is 50.7 Å². The van der Waals surface area contributed by atoms with E-state index in [1.165, 1.54) is 32.2 Å². The monoisotopic (exact) mass is 168 g/mol. The quantitative estimate of drug-likeness (QED) is 0.667. The largest absolute Gasteiger partial charge is 0.313 e. The number of hydrogen-bond donors (Lipinski definition) is 1. The average Bonchev–Trinajstić information content (AvgIpc) is 2.86. The summed E-state index contributed by atoms with van der Waals surface area (Å²) in [5.41, 5.74) is 0. The molecule has 0 aromatic heterocycles. The minimum absolute atomic E-state index is 0.698. The number of rotatable bonds is 2. The Labute approximate surface area is 75.3 Å². The zero-order valence-electron chi connectivity index (χ0n) is 8.21. The molecule has 1 heterocycles. The summed E-state index contributed by atoms with van der Waals surface area (Å²) in [6.45, 7) is 3.54. The average molecular weight is 168 g/mol. The van der Waals surface area contributed by atoms with Crippen molar-refractivity contribution in [3.8, 4) is 0 Å². The lowest BCUT2D eigenvalue weighted by Gasteiger charge is -2.37. The van der Waals surface area contributed by atoms with Gasteiger partial charge in [-0.3, -0.25) is 4.90 Å². The lowest BCUT2D eigenvalue weighted by molar-refractivity contribution is 0.157. The normalized spacial score (nSPS) is 37.2. The Bertz CT molecular complexity index is 154. The van der Waals surface area contributed by atoms with Crippen molar-refractivity contribution in [3.05, 3.63) is 0 Å². The van der Waals surface area contributed by atoms with E-state index < -0.39 is 0 Å². The van der Waals surface area contributed by atoms with Gasteiger partial charge in [0.1, 0.15) is 0 Å². The number of likely N-dealkylation sites (N-methyl/N-ethyl adjacent to an activating group) is 1. The highest BCUT2D eigenvalue weighted by Gasteiger charge is 2.34. The third-order valence-electron chi connectivity index (χ3n) is 3.37. The third-order valence-corrected chi connectivity index (χ3v) is 3.37. The summed E-state index contributed by atoms with van der Waals surface area (Å²) in [4.78, 5) is 2.59. The van der Waals surface area contributed by atoms with Gasteiger partial charge in [-0.05, 0) is 46.2 Å². The number of piperidine rings is 1. The molecule has 1 N–H and O–H groups in total. The first-order chi connectivity index (χ1) is 5.79. The molecule has 1 saturated heterocycles. The van der Waals surface area contributed by atoms with Gasteiger partial charge in [0.2, 0.25) is 0 Å². The van der Waals surface area contributed by atoms with Crippen molar-refractivity contribution in [3.63, 3.8) is 0 Å². The molecule has 0 aromatic rings. The van der Waals surface area contributed by atoms with Crippen LogP contribution in [0.2, 0.25) is 0 Å². The fraction of sp³-hybridized carbons (Fsp3) is 1.00. The van der Waals surface area contributed by atoms with Crippen molar-refractivity contribution in [1.29, 1.82) is 0 Å². The molecule has 0 aromatic carbocycles. The van der Waals surface area contributed by atoms with Crippen molar-refractivity contribution in [2.24, 2.45) is 0 Å². The van der Waals surface area contributed by atoms with Crippen LogP contribution in [0.3, 0.4) is 0 Å². The van der Waals surface area contributed by atoms with Gasteiger partial charge < -0.3 is 5.32 Å². The molecule has 2 atom stereocenters. The molecule has 2 heteroatoms. The number of nitrogens with one attached hydrogen (secondary N) is 1. The summed E-state index contributed by atoms with van der Waals surface area (Å²) >= 11 is 0. The van der Waals surface area contributed by atoms with Crippen LogP contribution in [0.5, 0.6) is 0 Å². The Kier molecular flexibility index (Phi) is 2.37. The summed E-state index contributed by atoms with van der Waals surface area (Å²) < 4.78 is 0. The van der Waals surface area contributed by atoms with Gasteiger partial charge in [-0.15, -0.1) is 0 Å². The zero-order chi connectivity index (χ0) is 8.55. The highest BCUT2D eigenvalue weighted by Crippen LogP contribution is 2.29. The Morgan fingerprint density at radius 1 is 1.25 bits per heavy atom. The maximum Gasteiger partial charge on any atom is 0.0247 e. The Morgan fingerprint density at radius 3 is 2.58 bits per heavy atom. The predicted octanol–water partition coefficient (Wildman–Crippen LogP) is 1.22. The lowest BCUT2D eigenvalue weighted by Crippen LogP contribution is -2.51. The predicted molar refractivity (Wildman–Crippen MR) is 51.3 cm³/mol. The van der Waals surface area contributed by atoms with E-state index in [0.29, 0.717) is 6.04 Å². The SMILES string of the molecule is CC1NCCCC1N(C)C1CC1. The van der Waals surface area contributed by atoms with Crippen molar-refractivity contribution < 1.29 is 0 Å². The van der Waals surface area contributed by atoms with Gasteiger partial charge in [-0.25, -0.2) is 0 Å². The van der Waals surface area contributed by atoms with Gasteiger partial charge in [0.25, 0.3) is 0 Å². The van der Waals surface area contributed by atoms with E-state index in [0.717, 1.165) is 12.1 Å². The minimum atomic E-state index is 0.698. The Balaban J connectivity index is 1.90. The molecule has 2 aliphatic rings. The topological polar surface area (TPSA) is 15.3 Å². The molecule has 70 valence electrons. The summed E-state index contributed by atoms with van der Waals surface area (Å²) in [7, 11) is 2.30. The molecular weight excluding hydrogens is 148 g/mol.